The number of carbonyl (C=O) groups excluding carboxylic acids is 1. The van der Waals surface area contributed by atoms with Gasteiger partial charge >= 0.3 is 0 Å². The van der Waals surface area contributed by atoms with E-state index in [2.05, 4.69) is 22.5 Å². The lowest BCUT2D eigenvalue weighted by atomic mass is 9.92. The molecule has 0 saturated carbocycles. The number of fused-ring (bicyclic) bond motifs is 1. The van der Waals surface area contributed by atoms with Crippen LogP contribution in [-0.4, -0.2) is 62.7 Å². The summed E-state index contributed by atoms with van der Waals surface area (Å²) in [5.74, 6) is 1.27. The number of hydrogen-bond acceptors (Lipinski definition) is 5. The van der Waals surface area contributed by atoms with Crippen molar-refractivity contribution in [3.05, 3.63) is 54.2 Å². The zero-order valence-corrected chi connectivity index (χ0v) is 19.4. The molecule has 1 atom stereocenters. The van der Waals surface area contributed by atoms with E-state index in [1.165, 1.54) is 12.3 Å². The lowest BCUT2D eigenvalue weighted by Gasteiger charge is -2.41. The second-order valence-electron chi connectivity index (χ2n) is 8.95. The van der Waals surface area contributed by atoms with Crippen LogP contribution in [0.25, 0.3) is 11.0 Å². The lowest BCUT2D eigenvalue weighted by molar-refractivity contribution is -0.133. The van der Waals surface area contributed by atoms with Crippen LogP contribution < -0.4 is 4.90 Å². The molecule has 4 rings (SSSR count). The normalized spacial score (nSPS) is 18.6. The van der Waals surface area contributed by atoms with E-state index in [9.17, 15) is 14.3 Å². The van der Waals surface area contributed by atoms with Crippen molar-refractivity contribution >= 4 is 22.8 Å². The first-order valence-electron chi connectivity index (χ1n) is 11.7. The van der Waals surface area contributed by atoms with Crippen LogP contribution in [0.15, 0.2) is 42.6 Å². The number of hydrogen-bond donors (Lipinski definition) is 1. The first-order chi connectivity index (χ1) is 15.9. The average molecular weight is 454 g/mol. The Kier molecular flexibility index (Phi) is 6.93. The highest BCUT2D eigenvalue weighted by atomic mass is 19.1. The molecule has 1 fully saturated rings. The predicted octanol–water partition coefficient (Wildman–Crippen LogP) is 3.40. The van der Waals surface area contributed by atoms with Crippen molar-refractivity contribution in [3.63, 3.8) is 0 Å². The number of benzene rings is 1. The van der Waals surface area contributed by atoms with Gasteiger partial charge in [0, 0.05) is 39.5 Å². The molecule has 2 aromatic heterocycles. The maximum atomic E-state index is 13.2. The number of para-hydroxylation sites is 2. The molecule has 1 aliphatic rings. The van der Waals surface area contributed by atoms with Gasteiger partial charge < -0.3 is 19.5 Å². The number of rotatable bonds is 8. The first kappa shape index (κ1) is 23.2. The number of carbonyl (C=O) groups is 1. The van der Waals surface area contributed by atoms with Crippen LogP contribution in [0.5, 0.6) is 0 Å². The van der Waals surface area contributed by atoms with Gasteiger partial charge in [-0.25, -0.2) is 14.4 Å². The zero-order valence-electron chi connectivity index (χ0n) is 19.4. The van der Waals surface area contributed by atoms with Gasteiger partial charge in [0.1, 0.15) is 17.5 Å². The number of halogens is 1. The van der Waals surface area contributed by atoms with E-state index in [1.807, 2.05) is 23.1 Å². The number of imidazole rings is 1. The van der Waals surface area contributed by atoms with Gasteiger partial charge in [-0.05, 0) is 50.5 Å². The summed E-state index contributed by atoms with van der Waals surface area (Å²) in [4.78, 5) is 25.2. The molecule has 0 spiro atoms. The maximum Gasteiger partial charge on any atom is 0.222 e. The number of aliphatic hydroxyl groups is 1. The number of β-amino-alcohol motifs (C(OH)–C–C–N with tert-alkyl or cyclic N) is 1. The quantitative estimate of drug-likeness (QED) is 0.566. The summed E-state index contributed by atoms with van der Waals surface area (Å²) in [7, 11) is 1.75. The second kappa shape index (κ2) is 9.87. The Morgan fingerprint density at radius 1 is 1.27 bits per heavy atom. The number of likely N-dealkylation sites (N-methyl/N-ethyl adjacent to an activating group) is 1. The maximum absolute atomic E-state index is 13.2. The van der Waals surface area contributed by atoms with Crippen LogP contribution in [0, 0.1) is 5.82 Å². The van der Waals surface area contributed by atoms with Crippen molar-refractivity contribution in [1.29, 1.82) is 0 Å². The highest BCUT2D eigenvalue weighted by Gasteiger charge is 2.35. The minimum atomic E-state index is -1.02. The predicted molar refractivity (Wildman–Crippen MR) is 127 cm³/mol. The van der Waals surface area contributed by atoms with Crippen molar-refractivity contribution in [1.82, 2.24) is 19.4 Å². The Morgan fingerprint density at radius 3 is 2.85 bits per heavy atom. The van der Waals surface area contributed by atoms with Gasteiger partial charge in [0.15, 0.2) is 0 Å². The third-order valence-electron chi connectivity index (χ3n) is 6.39. The van der Waals surface area contributed by atoms with E-state index >= 15 is 0 Å². The van der Waals surface area contributed by atoms with Gasteiger partial charge in [-0.3, -0.25) is 4.79 Å². The van der Waals surface area contributed by atoms with Crippen LogP contribution in [0.4, 0.5) is 10.2 Å². The molecule has 1 aromatic carbocycles. The molecule has 0 unspecified atom stereocenters. The fraction of sp³-hybridized carbons (Fsp3) is 0.480. The zero-order chi connectivity index (χ0) is 23.4. The highest BCUT2D eigenvalue weighted by molar-refractivity contribution is 5.76. The monoisotopic (exact) mass is 453 g/mol. The van der Waals surface area contributed by atoms with Crippen LogP contribution in [-0.2, 0) is 17.8 Å². The molecule has 1 amide bonds. The topological polar surface area (TPSA) is 74.5 Å². The molecule has 8 heteroatoms. The van der Waals surface area contributed by atoms with Gasteiger partial charge in [0.2, 0.25) is 5.91 Å². The molecule has 176 valence electrons. The Bertz CT molecular complexity index is 1100. The second-order valence-corrected chi connectivity index (χ2v) is 8.95. The van der Waals surface area contributed by atoms with E-state index in [0.29, 0.717) is 31.6 Å². The van der Waals surface area contributed by atoms with Gasteiger partial charge in [0.25, 0.3) is 0 Å². The fourth-order valence-corrected chi connectivity index (χ4v) is 4.78. The van der Waals surface area contributed by atoms with E-state index in [-0.39, 0.29) is 18.3 Å². The van der Waals surface area contributed by atoms with E-state index in [4.69, 9.17) is 4.98 Å². The van der Waals surface area contributed by atoms with Gasteiger partial charge in [-0.2, -0.15) is 0 Å². The largest absolute Gasteiger partial charge is 0.386 e. The Morgan fingerprint density at radius 2 is 2.09 bits per heavy atom. The summed E-state index contributed by atoms with van der Waals surface area (Å²) >= 11 is 0. The molecule has 1 aliphatic heterocycles. The molecule has 3 aromatic rings. The minimum absolute atomic E-state index is 0.0135. The standard InChI is InChI=1S/C25H32FN5O2/c1-3-31-21-9-5-4-8-20(21)28-23(31)10-6-11-24(32)29(2)17-25(33)14-7-15-30(18-25)22-13-12-19(26)16-27-22/h4-5,8-9,12-13,16,33H,3,6-7,10-11,14-15,17-18H2,1-2H3/t25-/m0/s1. The highest BCUT2D eigenvalue weighted by Crippen LogP contribution is 2.26. The number of pyridine rings is 1. The number of aromatic nitrogens is 3. The molecule has 0 radical (unpaired) electrons. The molecule has 7 nitrogen and oxygen atoms in total. The third-order valence-corrected chi connectivity index (χ3v) is 6.39. The van der Waals surface area contributed by atoms with Crippen molar-refractivity contribution in [2.75, 3.05) is 31.6 Å². The first-order valence-corrected chi connectivity index (χ1v) is 11.7. The molecule has 0 bridgehead atoms. The number of amides is 1. The summed E-state index contributed by atoms with van der Waals surface area (Å²) < 4.78 is 15.4. The summed E-state index contributed by atoms with van der Waals surface area (Å²) in [6.45, 7) is 4.32. The van der Waals surface area contributed by atoms with Gasteiger partial charge in [0.05, 0.1) is 29.4 Å². The Balaban J connectivity index is 1.31. The fourth-order valence-electron chi connectivity index (χ4n) is 4.78. The van der Waals surface area contributed by atoms with E-state index in [0.717, 1.165) is 42.8 Å². The SMILES string of the molecule is CCn1c(CCCC(=O)N(C)C[C@@]2(O)CCCN(c3ccc(F)cn3)C2)nc2ccccc21. The molecule has 33 heavy (non-hydrogen) atoms. The summed E-state index contributed by atoms with van der Waals surface area (Å²) in [6.07, 6.45) is 4.43. The summed E-state index contributed by atoms with van der Waals surface area (Å²) in [5.41, 5.74) is 1.09. The Hall–Kier alpha value is -3.00. The third kappa shape index (κ3) is 5.33. The number of anilines is 1. The van der Waals surface area contributed by atoms with Gasteiger partial charge in [-0.15, -0.1) is 0 Å². The summed E-state index contributed by atoms with van der Waals surface area (Å²) in [6, 6.07) is 11.1. The number of nitrogens with zero attached hydrogens (tertiary/aromatic N) is 5. The van der Waals surface area contributed by atoms with Crippen LogP contribution in [0.2, 0.25) is 0 Å². The molecule has 3 heterocycles. The molecule has 1 N–H and O–H groups in total. The summed E-state index contributed by atoms with van der Waals surface area (Å²) in [5, 5.41) is 11.2. The van der Waals surface area contributed by atoms with Crippen LogP contribution in [0.3, 0.4) is 0 Å². The lowest BCUT2D eigenvalue weighted by Crippen LogP contribution is -2.54. The smallest absolute Gasteiger partial charge is 0.222 e. The molecule has 1 saturated heterocycles. The van der Waals surface area contributed by atoms with E-state index in [1.54, 1.807) is 18.0 Å². The number of piperidine rings is 1. The molecular formula is C25H32FN5O2. The number of aryl methyl sites for hydroxylation is 2. The van der Waals surface area contributed by atoms with Crippen molar-refractivity contribution in [3.8, 4) is 0 Å². The minimum Gasteiger partial charge on any atom is -0.386 e. The van der Waals surface area contributed by atoms with E-state index < -0.39 is 5.60 Å². The Labute approximate surface area is 193 Å². The molecular weight excluding hydrogens is 421 g/mol. The van der Waals surface area contributed by atoms with Crippen molar-refractivity contribution < 1.29 is 14.3 Å². The average Bonchev–Trinajstić information content (AvgIpc) is 3.16. The van der Waals surface area contributed by atoms with Crippen molar-refractivity contribution in [2.45, 2.75) is 51.2 Å². The van der Waals surface area contributed by atoms with Crippen LogP contribution in [0.1, 0.15) is 38.4 Å². The molecule has 0 aliphatic carbocycles. The van der Waals surface area contributed by atoms with Crippen LogP contribution >= 0.6 is 0 Å². The van der Waals surface area contributed by atoms with Crippen molar-refractivity contribution in [2.24, 2.45) is 0 Å². The van der Waals surface area contributed by atoms with Gasteiger partial charge in [-0.1, -0.05) is 12.1 Å².